The average Bonchev–Trinajstić information content (AvgIpc) is 2.62. The summed E-state index contributed by atoms with van der Waals surface area (Å²) in [6, 6.07) is 0. The van der Waals surface area contributed by atoms with Crippen molar-refractivity contribution in [3.63, 3.8) is 0 Å². The van der Waals surface area contributed by atoms with Crippen molar-refractivity contribution >= 4 is 22.8 Å². The van der Waals surface area contributed by atoms with Gasteiger partial charge in [-0.3, -0.25) is 14.8 Å². The van der Waals surface area contributed by atoms with Crippen LogP contribution in [0.25, 0.3) is 11.0 Å². The van der Waals surface area contributed by atoms with E-state index >= 15 is 0 Å². The van der Waals surface area contributed by atoms with Gasteiger partial charge in [0.25, 0.3) is 0 Å². The van der Waals surface area contributed by atoms with Crippen LogP contribution in [0, 0.1) is 6.92 Å². The first-order valence-electron chi connectivity index (χ1n) is 4.51. The zero-order valence-electron chi connectivity index (χ0n) is 8.77. The molecular weight excluding hydrogens is 194 g/mol. The van der Waals surface area contributed by atoms with E-state index in [0.29, 0.717) is 17.3 Å². The summed E-state index contributed by atoms with van der Waals surface area (Å²) in [5.74, 6) is 1.12. The largest absolute Gasteiger partial charge is 0.299 e. The first kappa shape index (κ1) is 9.57. The molecule has 0 aliphatic rings. The second-order valence-corrected chi connectivity index (χ2v) is 3.30. The molecule has 0 saturated carbocycles. The van der Waals surface area contributed by atoms with Crippen molar-refractivity contribution in [1.29, 1.82) is 0 Å². The molecule has 0 atom stereocenters. The first-order chi connectivity index (χ1) is 7.09. The van der Waals surface area contributed by atoms with Gasteiger partial charge in [0.1, 0.15) is 11.6 Å². The van der Waals surface area contributed by atoms with E-state index < -0.39 is 0 Å². The SMILES string of the molecule is CC(=O)N(C)c1nc(C)nc2[nH]ncc12. The Balaban J connectivity index is 2.67. The standard InChI is InChI=1S/C9H11N5O/c1-5-11-8-7(4-10-13-8)9(12-5)14(3)6(2)15/h4H,1-3H3,(H,10,11,12,13). The van der Waals surface area contributed by atoms with Crippen LogP contribution >= 0.6 is 0 Å². The number of anilines is 1. The predicted octanol–water partition coefficient (Wildman–Crippen LogP) is 0.644. The summed E-state index contributed by atoms with van der Waals surface area (Å²) in [5.41, 5.74) is 0.644. The Kier molecular flexibility index (Phi) is 2.11. The molecular formula is C9H11N5O. The highest BCUT2D eigenvalue weighted by atomic mass is 16.2. The monoisotopic (exact) mass is 205 g/mol. The predicted molar refractivity (Wildman–Crippen MR) is 55.5 cm³/mol. The molecule has 0 radical (unpaired) electrons. The third kappa shape index (κ3) is 1.54. The molecule has 6 nitrogen and oxygen atoms in total. The van der Waals surface area contributed by atoms with Crippen LogP contribution in [-0.4, -0.2) is 33.1 Å². The third-order valence-electron chi connectivity index (χ3n) is 2.19. The summed E-state index contributed by atoms with van der Waals surface area (Å²) in [7, 11) is 1.68. The molecule has 0 aromatic carbocycles. The number of H-pyrrole nitrogens is 1. The lowest BCUT2D eigenvalue weighted by molar-refractivity contribution is -0.116. The van der Waals surface area contributed by atoms with Crippen molar-refractivity contribution < 1.29 is 4.79 Å². The van der Waals surface area contributed by atoms with Gasteiger partial charge >= 0.3 is 0 Å². The lowest BCUT2D eigenvalue weighted by Crippen LogP contribution is -2.24. The number of amides is 1. The molecule has 2 rings (SSSR count). The van der Waals surface area contributed by atoms with Crippen molar-refractivity contribution in [2.45, 2.75) is 13.8 Å². The minimum absolute atomic E-state index is 0.0735. The zero-order chi connectivity index (χ0) is 11.0. The Morgan fingerprint density at radius 1 is 1.47 bits per heavy atom. The van der Waals surface area contributed by atoms with E-state index in [-0.39, 0.29) is 5.91 Å². The lowest BCUT2D eigenvalue weighted by atomic mass is 10.3. The summed E-state index contributed by atoms with van der Waals surface area (Å²) in [5, 5.41) is 7.38. The topological polar surface area (TPSA) is 74.8 Å². The van der Waals surface area contributed by atoms with Gasteiger partial charge in [-0.2, -0.15) is 5.10 Å². The van der Waals surface area contributed by atoms with Crippen molar-refractivity contribution in [2.75, 3.05) is 11.9 Å². The number of nitrogens with one attached hydrogen (secondary N) is 1. The van der Waals surface area contributed by atoms with Crippen LogP contribution in [0.4, 0.5) is 5.82 Å². The number of aromatic nitrogens is 4. The first-order valence-corrected chi connectivity index (χ1v) is 4.51. The number of aromatic amines is 1. The number of hydrogen-bond acceptors (Lipinski definition) is 4. The summed E-state index contributed by atoms with van der Waals surface area (Å²) in [6.45, 7) is 3.26. The maximum atomic E-state index is 11.3. The van der Waals surface area contributed by atoms with Crippen molar-refractivity contribution in [3.05, 3.63) is 12.0 Å². The zero-order valence-corrected chi connectivity index (χ0v) is 8.77. The van der Waals surface area contributed by atoms with Gasteiger partial charge in [-0.15, -0.1) is 0 Å². The highest BCUT2D eigenvalue weighted by Crippen LogP contribution is 2.20. The fourth-order valence-electron chi connectivity index (χ4n) is 1.33. The van der Waals surface area contributed by atoms with Crippen LogP contribution in [0.5, 0.6) is 0 Å². The van der Waals surface area contributed by atoms with E-state index in [9.17, 15) is 4.79 Å². The van der Waals surface area contributed by atoms with Crippen molar-refractivity contribution in [1.82, 2.24) is 20.2 Å². The third-order valence-corrected chi connectivity index (χ3v) is 2.19. The molecule has 0 unspecified atom stereocenters. The van der Waals surface area contributed by atoms with Gasteiger partial charge in [-0.05, 0) is 6.92 Å². The molecule has 2 aromatic rings. The molecule has 0 bridgehead atoms. The van der Waals surface area contributed by atoms with Gasteiger partial charge in [0.15, 0.2) is 5.65 Å². The van der Waals surface area contributed by atoms with E-state index in [4.69, 9.17) is 0 Å². The molecule has 0 spiro atoms. The summed E-state index contributed by atoms with van der Waals surface area (Å²) >= 11 is 0. The fourth-order valence-corrected chi connectivity index (χ4v) is 1.33. The number of aryl methyl sites for hydroxylation is 1. The van der Waals surface area contributed by atoms with Crippen LogP contribution in [0.2, 0.25) is 0 Å². The van der Waals surface area contributed by atoms with Gasteiger partial charge in [-0.25, -0.2) is 9.97 Å². The van der Waals surface area contributed by atoms with Crippen LogP contribution in [0.15, 0.2) is 6.20 Å². The molecule has 0 saturated heterocycles. The number of carbonyl (C=O) groups excluding carboxylic acids is 1. The van der Waals surface area contributed by atoms with Crippen LogP contribution < -0.4 is 4.90 Å². The van der Waals surface area contributed by atoms with Gasteiger partial charge in [0, 0.05) is 14.0 Å². The molecule has 2 aromatic heterocycles. The minimum Gasteiger partial charge on any atom is -0.299 e. The molecule has 0 fully saturated rings. The molecule has 6 heteroatoms. The summed E-state index contributed by atoms with van der Waals surface area (Å²) in [4.78, 5) is 21.1. The number of fused-ring (bicyclic) bond motifs is 1. The summed E-state index contributed by atoms with van der Waals surface area (Å²) in [6.07, 6.45) is 1.61. The summed E-state index contributed by atoms with van der Waals surface area (Å²) < 4.78 is 0. The minimum atomic E-state index is -0.0735. The van der Waals surface area contributed by atoms with E-state index in [0.717, 1.165) is 5.39 Å². The highest BCUT2D eigenvalue weighted by molar-refractivity contribution is 5.98. The molecule has 0 aliphatic carbocycles. The number of nitrogens with zero attached hydrogens (tertiary/aromatic N) is 4. The maximum absolute atomic E-state index is 11.3. The smallest absolute Gasteiger partial charge is 0.224 e. The van der Waals surface area contributed by atoms with Crippen LogP contribution in [0.3, 0.4) is 0 Å². The normalized spacial score (nSPS) is 10.6. The highest BCUT2D eigenvalue weighted by Gasteiger charge is 2.13. The Labute approximate surface area is 86.3 Å². The molecule has 15 heavy (non-hydrogen) atoms. The Morgan fingerprint density at radius 2 is 2.20 bits per heavy atom. The second kappa shape index (κ2) is 3.30. The quantitative estimate of drug-likeness (QED) is 0.741. The van der Waals surface area contributed by atoms with Crippen molar-refractivity contribution in [2.24, 2.45) is 0 Å². The number of hydrogen-bond donors (Lipinski definition) is 1. The lowest BCUT2D eigenvalue weighted by Gasteiger charge is -2.14. The molecule has 2 heterocycles. The average molecular weight is 205 g/mol. The Bertz CT molecular complexity index is 518. The van der Waals surface area contributed by atoms with Gasteiger partial charge < -0.3 is 0 Å². The van der Waals surface area contributed by atoms with Crippen LogP contribution in [-0.2, 0) is 4.79 Å². The molecule has 1 N–H and O–H groups in total. The van der Waals surface area contributed by atoms with E-state index in [1.54, 1.807) is 20.2 Å². The molecule has 0 aliphatic heterocycles. The van der Waals surface area contributed by atoms with E-state index in [1.165, 1.54) is 11.8 Å². The second-order valence-electron chi connectivity index (χ2n) is 3.30. The maximum Gasteiger partial charge on any atom is 0.224 e. The number of rotatable bonds is 1. The van der Waals surface area contributed by atoms with Gasteiger partial charge in [0.05, 0.1) is 11.6 Å². The van der Waals surface area contributed by atoms with Crippen LogP contribution in [0.1, 0.15) is 12.7 Å². The molecule has 78 valence electrons. The Hall–Kier alpha value is -1.98. The van der Waals surface area contributed by atoms with E-state index in [1.807, 2.05) is 0 Å². The van der Waals surface area contributed by atoms with Crippen molar-refractivity contribution in [3.8, 4) is 0 Å². The van der Waals surface area contributed by atoms with Gasteiger partial charge in [0.2, 0.25) is 5.91 Å². The Morgan fingerprint density at radius 3 is 2.87 bits per heavy atom. The van der Waals surface area contributed by atoms with E-state index in [2.05, 4.69) is 20.2 Å². The van der Waals surface area contributed by atoms with Gasteiger partial charge in [-0.1, -0.05) is 0 Å². The number of carbonyl (C=O) groups is 1. The fraction of sp³-hybridized carbons (Fsp3) is 0.333. The molecule has 1 amide bonds.